The van der Waals surface area contributed by atoms with Gasteiger partial charge in [0.15, 0.2) is 0 Å². The van der Waals surface area contributed by atoms with Crippen LogP contribution in [-0.4, -0.2) is 130 Å². The third-order valence-corrected chi connectivity index (χ3v) is 19.0. The van der Waals surface area contributed by atoms with Gasteiger partial charge in [0, 0.05) is 112 Å². The Morgan fingerprint density at radius 1 is 0.519 bits per heavy atom. The van der Waals surface area contributed by atoms with Crippen molar-refractivity contribution in [1.29, 1.82) is 0 Å². The second kappa shape index (κ2) is 23.5. The SMILES string of the molecule is O=S(=O)(Cl)C1CC1.O=[N+]([O-])c1ccc2c(c1)C(=Cc1ccccc1OCCN1CCN(S(=O)(=O)C3CC3)CC1)c1ccccc1-2.O=[N+]([O-])c1ccc2c(c1)C(=Cc1ccccc1OCCN1CCNCC1)c1ccccc1-2. The van der Waals surface area contributed by atoms with Crippen molar-refractivity contribution in [3.8, 4) is 33.8 Å². The van der Waals surface area contributed by atoms with E-state index in [2.05, 4.69) is 33.3 Å². The van der Waals surface area contributed by atoms with E-state index in [1.54, 1.807) is 28.6 Å². The minimum Gasteiger partial charge on any atom is -0.492 e. The molecule has 1 N–H and O–H groups in total. The fraction of sp³-hybridized carbons (Fsp3) is 0.310. The third-order valence-electron chi connectivity index (χ3n) is 14.6. The fourth-order valence-electron chi connectivity index (χ4n) is 10.1. The van der Waals surface area contributed by atoms with Crippen molar-refractivity contribution in [1.82, 2.24) is 19.4 Å². The van der Waals surface area contributed by atoms with Crippen molar-refractivity contribution in [2.75, 3.05) is 78.7 Å². The van der Waals surface area contributed by atoms with Crippen LogP contribution in [0.25, 0.3) is 45.6 Å². The standard InChI is InChI=1S/C29H29N3O5S.C26H25N3O3.C3H5ClO2S/c33-32(34)22-9-12-26-24-6-2-3-7-25(24)27(28(26)20-22)19-21-5-1-4-8-29(21)37-18-17-30-13-15-31(16-14-30)38(35,36)23-10-11-23;30-29(31)20-9-10-23-21-6-2-3-7-22(21)24(25(23)18-20)17-19-5-1-4-8-26(19)32-16-15-28-13-11-27-12-14-28;4-7(5,6)3-1-2-3/h1-9,12,19-20,23H,10-11,13-18H2;1-10,17-18,27H,11-16H2;3H,1-2H2. The molecule has 19 heteroatoms. The topological polar surface area (TPSA) is 195 Å². The Hall–Kier alpha value is -6.77. The van der Waals surface area contributed by atoms with Gasteiger partial charge in [-0.1, -0.05) is 84.9 Å². The molecule has 2 saturated heterocycles. The van der Waals surface area contributed by atoms with Crippen LogP contribution in [-0.2, 0) is 19.1 Å². The van der Waals surface area contributed by atoms with Crippen LogP contribution in [0.3, 0.4) is 0 Å². The predicted molar refractivity (Wildman–Crippen MR) is 302 cm³/mol. The Kier molecular flexibility index (Phi) is 16.3. The number of ether oxygens (including phenoxy) is 2. The first-order valence-electron chi connectivity index (χ1n) is 25.9. The number of nitrogens with one attached hydrogen (secondary N) is 1. The lowest BCUT2D eigenvalue weighted by atomic mass is 10.0. The molecule has 0 atom stereocenters. The molecule has 4 fully saturated rings. The van der Waals surface area contributed by atoms with Crippen molar-refractivity contribution < 1.29 is 36.2 Å². The maximum absolute atomic E-state index is 12.5. The van der Waals surface area contributed by atoms with Gasteiger partial charge in [-0.3, -0.25) is 30.0 Å². The molecule has 0 aromatic heterocycles. The Labute approximate surface area is 453 Å². The van der Waals surface area contributed by atoms with E-state index in [4.69, 9.17) is 20.2 Å². The molecule has 0 unspecified atom stereocenters. The van der Waals surface area contributed by atoms with Gasteiger partial charge in [0.05, 0.1) is 20.3 Å². The predicted octanol–water partition coefficient (Wildman–Crippen LogP) is 9.82. The number of sulfonamides is 1. The number of para-hydroxylation sites is 2. The van der Waals surface area contributed by atoms with E-state index < -0.39 is 19.1 Å². The first kappa shape index (κ1) is 53.6. The lowest BCUT2D eigenvalue weighted by Gasteiger charge is -2.33. The molecular weight excluding hydrogens is 1040 g/mol. The molecule has 2 aliphatic heterocycles. The first-order valence-corrected chi connectivity index (χ1v) is 29.8. The Balaban J connectivity index is 0.000000157. The van der Waals surface area contributed by atoms with Gasteiger partial charge in [0.1, 0.15) is 24.7 Å². The van der Waals surface area contributed by atoms with E-state index in [1.165, 1.54) is 0 Å². The summed E-state index contributed by atoms with van der Waals surface area (Å²) in [6.07, 6.45) is 7.23. The van der Waals surface area contributed by atoms with Crippen molar-refractivity contribution in [2.45, 2.75) is 36.2 Å². The van der Waals surface area contributed by atoms with Crippen LogP contribution in [0.15, 0.2) is 133 Å². The molecule has 0 bridgehead atoms. The van der Waals surface area contributed by atoms with Gasteiger partial charge in [0.25, 0.3) is 11.4 Å². The van der Waals surface area contributed by atoms with Gasteiger partial charge in [-0.15, -0.1) is 0 Å². The van der Waals surface area contributed by atoms with Gasteiger partial charge < -0.3 is 14.8 Å². The van der Waals surface area contributed by atoms with Crippen molar-refractivity contribution in [2.24, 2.45) is 0 Å². The van der Waals surface area contributed by atoms with Crippen LogP contribution in [0.5, 0.6) is 11.5 Å². The number of nitro groups is 2. The third kappa shape index (κ3) is 12.7. The number of fused-ring (bicyclic) bond motifs is 6. The number of hydrogen-bond donors (Lipinski definition) is 1. The molecule has 2 saturated carbocycles. The first-order chi connectivity index (χ1) is 37.2. The normalized spacial score (nSPS) is 18.2. The smallest absolute Gasteiger partial charge is 0.270 e. The monoisotopic (exact) mass is 1100 g/mol. The molecule has 400 valence electrons. The maximum Gasteiger partial charge on any atom is 0.270 e. The zero-order valence-corrected chi connectivity index (χ0v) is 44.7. The molecule has 0 radical (unpaired) electrons. The summed E-state index contributed by atoms with van der Waals surface area (Å²) in [6, 6.07) is 42.1. The highest BCUT2D eigenvalue weighted by Crippen LogP contribution is 2.48. The highest BCUT2D eigenvalue weighted by atomic mass is 35.7. The van der Waals surface area contributed by atoms with E-state index >= 15 is 0 Å². The summed E-state index contributed by atoms with van der Waals surface area (Å²) in [4.78, 5) is 26.8. The average Bonchev–Trinajstić information content (AvgIpc) is 4.41. The number of nitro benzene ring substituents is 2. The van der Waals surface area contributed by atoms with Crippen LogP contribution in [0.4, 0.5) is 11.4 Å². The summed E-state index contributed by atoms with van der Waals surface area (Å²) in [5.74, 6) is 1.57. The molecule has 0 amide bonds. The Morgan fingerprint density at radius 2 is 0.922 bits per heavy atom. The van der Waals surface area contributed by atoms with Crippen molar-refractivity contribution in [3.05, 3.63) is 187 Å². The van der Waals surface area contributed by atoms with Crippen LogP contribution in [0.1, 0.15) is 59.1 Å². The highest BCUT2D eigenvalue weighted by Gasteiger charge is 2.41. The summed E-state index contributed by atoms with van der Waals surface area (Å²) in [5.41, 5.74) is 12.0. The summed E-state index contributed by atoms with van der Waals surface area (Å²) in [5, 5.41) is 25.9. The summed E-state index contributed by atoms with van der Waals surface area (Å²) < 4.78 is 59.3. The molecule has 6 aromatic rings. The van der Waals surface area contributed by atoms with Gasteiger partial charge in [-0.25, -0.2) is 16.8 Å². The minimum absolute atomic E-state index is 0.0667. The number of nitrogens with zero attached hydrogens (tertiary/aromatic N) is 5. The Morgan fingerprint density at radius 3 is 1.34 bits per heavy atom. The van der Waals surface area contributed by atoms with E-state index in [0.29, 0.717) is 45.9 Å². The van der Waals surface area contributed by atoms with Gasteiger partial charge >= 0.3 is 0 Å². The summed E-state index contributed by atoms with van der Waals surface area (Å²) in [7, 11) is -1.37. The zero-order chi connectivity index (χ0) is 53.7. The zero-order valence-electron chi connectivity index (χ0n) is 42.3. The second-order valence-electron chi connectivity index (χ2n) is 19.7. The van der Waals surface area contributed by atoms with E-state index in [-0.39, 0.29) is 31.7 Å². The van der Waals surface area contributed by atoms with E-state index in [1.807, 2.05) is 103 Å². The van der Waals surface area contributed by atoms with Crippen LogP contribution >= 0.6 is 10.7 Å². The molecular formula is C58H59ClN6O10S2. The molecule has 6 aliphatic rings. The van der Waals surface area contributed by atoms with Crippen LogP contribution in [0.2, 0.25) is 0 Å². The largest absolute Gasteiger partial charge is 0.492 e. The molecule has 12 rings (SSSR count). The van der Waals surface area contributed by atoms with Crippen molar-refractivity contribution in [3.63, 3.8) is 0 Å². The van der Waals surface area contributed by atoms with Crippen LogP contribution in [0, 0.1) is 20.2 Å². The maximum atomic E-state index is 12.5. The lowest BCUT2D eigenvalue weighted by molar-refractivity contribution is -0.385. The molecule has 2 heterocycles. The molecule has 77 heavy (non-hydrogen) atoms. The number of non-ortho nitro benzene ring substituents is 2. The molecule has 6 aromatic carbocycles. The lowest BCUT2D eigenvalue weighted by Crippen LogP contribution is -2.50. The van der Waals surface area contributed by atoms with Gasteiger partial charge in [-0.2, -0.15) is 4.31 Å². The summed E-state index contributed by atoms with van der Waals surface area (Å²) >= 11 is 0. The number of benzene rings is 6. The van der Waals surface area contributed by atoms with Gasteiger partial charge in [0.2, 0.25) is 19.1 Å². The fourth-order valence-corrected chi connectivity index (χ4v) is 13.2. The van der Waals surface area contributed by atoms with Crippen molar-refractivity contribution >= 4 is 64.4 Å². The number of piperazine rings is 2. The number of rotatable bonds is 15. The van der Waals surface area contributed by atoms with E-state index in [0.717, 1.165) is 137 Å². The summed E-state index contributed by atoms with van der Waals surface area (Å²) in [6.45, 7) is 9.31. The number of hydrogen-bond acceptors (Lipinski definition) is 13. The van der Waals surface area contributed by atoms with Crippen LogP contribution < -0.4 is 14.8 Å². The Bertz CT molecular complexity index is 3480. The second-order valence-corrected chi connectivity index (χ2v) is 24.8. The molecule has 4 aliphatic carbocycles. The van der Waals surface area contributed by atoms with E-state index in [9.17, 15) is 37.1 Å². The quantitative estimate of drug-likeness (QED) is 0.0580. The molecule has 16 nitrogen and oxygen atoms in total. The minimum atomic E-state index is -3.16. The molecule has 0 spiro atoms. The highest BCUT2D eigenvalue weighted by molar-refractivity contribution is 8.14. The van der Waals surface area contributed by atoms with Gasteiger partial charge in [-0.05, 0) is 118 Å². The average molecular weight is 1100 g/mol. The number of halogens is 1.